The number of hydrogen-bond donors (Lipinski definition) is 2. The number of piperidine rings is 1. The second-order valence-corrected chi connectivity index (χ2v) is 6.55. The highest BCUT2D eigenvalue weighted by Crippen LogP contribution is 2.31. The highest BCUT2D eigenvalue weighted by molar-refractivity contribution is 5.77. The smallest absolute Gasteiger partial charge is 0.224 e. The van der Waals surface area contributed by atoms with Crippen molar-refractivity contribution < 1.29 is 14.3 Å². The lowest BCUT2D eigenvalue weighted by molar-refractivity contribution is -0.132. The standard InChI is InChI=1S/C19H26N4O3/c1-25-16-4-3-14(11-17(16)26-2)15(20)12-18(24)23-9-5-13(6-10-23)19-21-7-8-22-19/h3-4,7-8,11,13,15H,5-6,9-10,12,20H2,1-2H3,(H,21,22). The minimum Gasteiger partial charge on any atom is -0.493 e. The summed E-state index contributed by atoms with van der Waals surface area (Å²) in [5.74, 6) is 2.76. The molecule has 1 aliphatic rings. The molecule has 2 heterocycles. The van der Waals surface area contributed by atoms with Gasteiger partial charge in [0.05, 0.1) is 14.2 Å². The normalized spacial score (nSPS) is 16.3. The number of nitrogens with zero attached hydrogens (tertiary/aromatic N) is 2. The van der Waals surface area contributed by atoms with Gasteiger partial charge in [-0.1, -0.05) is 6.07 Å². The Morgan fingerprint density at radius 1 is 1.31 bits per heavy atom. The number of carbonyl (C=O) groups is 1. The number of amides is 1. The average Bonchev–Trinajstić information content (AvgIpc) is 3.22. The fourth-order valence-corrected chi connectivity index (χ4v) is 3.42. The fraction of sp³-hybridized carbons (Fsp3) is 0.474. The minimum atomic E-state index is -0.370. The Kier molecular flexibility index (Phi) is 5.78. The van der Waals surface area contributed by atoms with Crippen LogP contribution in [0.4, 0.5) is 0 Å². The first-order valence-corrected chi connectivity index (χ1v) is 8.87. The quantitative estimate of drug-likeness (QED) is 0.826. The van der Waals surface area contributed by atoms with Crippen molar-refractivity contribution >= 4 is 5.91 Å². The summed E-state index contributed by atoms with van der Waals surface area (Å²) in [6, 6.07) is 5.15. The molecular formula is C19H26N4O3. The van der Waals surface area contributed by atoms with Gasteiger partial charge in [0.15, 0.2) is 11.5 Å². The first kappa shape index (κ1) is 18.3. The zero-order valence-corrected chi connectivity index (χ0v) is 15.3. The molecule has 3 N–H and O–H groups in total. The van der Waals surface area contributed by atoms with Crippen LogP contribution in [0.3, 0.4) is 0 Å². The number of nitrogens with one attached hydrogen (secondary N) is 1. The Morgan fingerprint density at radius 2 is 2.04 bits per heavy atom. The molecule has 0 aliphatic carbocycles. The van der Waals surface area contributed by atoms with Crippen molar-refractivity contribution in [1.29, 1.82) is 0 Å². The number of benzene rings is 1. The Labute approximate surface area is 153 Å². The number of methoxy groups -OCH3 is 2. The molecule has 1 saturated heterocycles. The average molecular weight is 358 g/mol. The van der Waals surface area contributed by atoms with E-state index < -0.39 is 0 Å². The third kappa shape index (κ3) is 3.99. The monoisotopic (exact) mass is 358 g/mol. The van der Waals surface area contributed by atoms with Crippen molar-refractivity contribution in [3.8, 4) is 11.5 Å². The molecule has 26 heavy (non-hydrogen) atoms. The number of likely N-dealkylation sites (tertiary alicyclic amines) is 1. The molecule has 140 valence electrons. The van der Waals surface area contributed by atoms with Crippen LogP contribution in [0.25, 0.3) is 0 Å². The molecular weight excluding hydrogens is 332 g/mol. The summed E-state index contributed by atoms with van der Waals surface area (Å²) >= 11 is 0. The van der Waals surface area contributed by atoms with Crippen molar-refractivity contribution in [3.05, 3.63) is 42.0 Å². The summed E-state index contributed by atoms with van der Waals surface area (Å²) in [5, 5.41) is 0. The summed E-state index contributed by atoms with van der Waals surface area (Å²) in [4.78, 5) is 22.0. The van der Waals surface area contributed by atoms with Gasteiger partial charge in [-0.05, 0) is 30.5 Å². The Balaban J connectivity index is 1.56. The molecule has 0 radical (unpaired) electrons. The van der Waals surface area contributed by atoms with Crippen molar-refractivity contribution in [1.82, 2.24) is 14.9 Å². The molecule has 1 aliphatic heterocycles. The SMILES string of the molecule is COc1ccc(C(N)CC(=O)N2CCC(c3ncc[nH]3)CC2)cc1OC. The maximum Gasteiger partial charge on any atom is 0.224 e. The molecule has 1 atom stereocenters. The number of ether oxygens (including phenoxy) is 2. The highest BCUT2D eigenvalue weighted by Gasteiger charge is 2.26. The predicted molar refractivity (Wildman–Crippen MR) is 98.2 cm³/mol. The molecule has 1 aromatic carbocycles. The first-order chi connectivity index (χ1) is 12.6. The highest BCUT2D eigenvalue weighted by atomic mass is 16.5. The van der Waals surface area contributed by atoms with E-state index in [1.54, 1.807) is 20.4 Å². The Bertz CT molecular complexity index is 724. The first-order valence-electron chi connectivity index (χ1n) is 8.87. The molecule has 1 amide bonds. The summed E-state index contributed by atoms with van der Waals surface area (Å²) in [5.41, 5.74) is 7.13. The van der Waals surface area contributed by atoms with Crippen molar-refractivity contribution in [3.63, 3.8) is 0 Å². The number of aromatic nitrogens is 2. The number of aromatic amines is 1. The van der Waals surface area contributed by atoms with Crippen LogP contribution in [0.5, 0.6) is 11.5 Å². The molecule has 7 heteroatoms. The van der Waals surface area contributed by atoms with Crippen molar-refractivity contribution in [2.45, 2.75) is 31.2 Å². The van der Waals surface area contributed by atoms with E-state index in [-0.39, 0.29) is 18.4 Å². The van der Waals surface area contributed by atoms with E-state index in [9.17, 15) is 4.79 Å². The van der Waals surface area contributed by atoms with E-state index >= 15 is 0 Å². The third-order valence-electron chi connectivity index (χ3n) is 4.98. The molecule has 7 nitrogen and oxygen atoms in total. The lowest BCUT2D eigenvalue weighted by Crippen LogP contribution is -2.39. The summed E-state index contributed by atoms with van der Waals surface area (Å²) < 4.78 is 10.5. The number of carbonyl (C=O) groups excluding carboxylic acids is 1. The number of H-pyrrole nitrogens is 1. The maximum absolute atomic E-state index is 12.6. The summed E-state index contributed by atoms with van der Waals surface area (Å²) in [6.45, 7) is 1.48. The maximum atomic E-state index is 12.6. The van der Waals surface area contributed by atoms with Gasteiger partial charge in [0.25, 0.3) is 0 Å². The second kappa shape index (κ2) is 8.23. The van der Waals surface area contributed by atoms with E-state index in [2.05, 4.69) is 9.97 Å². The zero-order valence-electron chi connectivity index (χ0n) is 15.3. The molecule has 1 fully saturated rings. The van der Waals surface area contributed by atoms with Crippen LogP contribution < -0.4 is 15.2 Å². The lowest BCUT2D eigenvalue weighted by Gasteiger charge is -2.32. The number of rotatable bonds is 6. The van der Waals surface area contributed by atoms with Crippen LogP contribution in [0.1, 0.15) is 42.6 Å². The van der Waals surface area contributed by atoms with Gasteiger partial charge < -0.3 is 25.1 Å². The van der Waals surface area contributed by atoms with Crippen LogP contribution in [0.2, 0.25) is 0 Å². The molecule has 1 aromatic heterocycles. The van der Waals surface area contributed by atoms with Gasteiger partial charge in [0.1, 0.15) is 5.82 Å². The predicted octanol–water partition coefficient (Wildman–Crippen LogP) is 2.22. The van der Waals surface area contributed by atoms with Gasteiger partial charge in [0.2, 0.25) is 5.91 Å². The second-order valence-electron chi connectivity index (χ2n) is 6.55. The van der Waals surface area contributed by atoms with Gasteiger partial charge in [0, 0.05) is 43.9 Å². The van der Waals surface area contributed by atoms with Crippen LogP contribution in [0.15, 0.2) is 30.6 Å². The summed E-state index contributed by atoms with van der Waals surface area (Å²) in [7, 11) is 3.18. The van der Waals surface area contributed by atoms with Crippen LogP contribution in [0, 0.1) is 0 Å². The molecule has 0 saturated carbocycles. The zero-order chi connectivity index (χ0) is 18.5. The van der Waals surface area contributed by atoms with Crippen molar-refractivity contribution in [2.75, 3.05) is 27.3 Å². The van der Waals surface area contributed by atoms with Crippen LogP contribution in [-0.2, 0) is 4.79 Å². The van der Waals surface area contributed by atoms with Crippen molar-refractivity contribution in [2.24, 2.45) is 5.73 Å². The molecule has 2 aromatic rings. The number of hydrogen-bond acceptors (Lipinski definition) is 5. The van der Waals surface area contributed by atoms with E-state index in [1.807, 2.05) is 29.3 Å². The van der Waals surface area contributed by atoms with Gasteiger partial charge >= 0.3 is 0 Å². The number of imidazole rings is 1. The Hall–Kier alpha value is -2.54. The van der Waals surface area contributed by atoms with Gasteiger partial charge in [-0.3, -0.25) is 4.79 Å². The molecule has 0 bridgehead atoms. The summed E-state index contributed by atoms with van der Waals surface area (Å²) in [6.07, 6.45) is 5.74. The van der Waals surface area contributed by atoms with Crippen LogP contribution >= 0.6 is 0 Å². The number of nitrogens with two attached hydrogens (primary N) is 1. The Morgan fingerprint density at radius 3 is 2.65 bits per heavy atom. The molecule has 0 spiro atoms. The lowest BCUT2D eigenvalue weighted by atomic mass is 9.95. The third-order valence-corrected chi connectivity index (χ3v) is 4.98. The van der Waals surface area contributed by atoms with E-state index in [0.29, 0.717) is 17.4 Å². The van der Waals surface area contributed by atoms with Gasteiger partial charge in [-0.25, -0.2) is 4.98 Å². The van der Waals surface area contributed by atoms with E-state index in [1.165, 1.54) is 0 Å². The minimum absolute atomic E-state index is 0.0881. The molecule has 3 rings (SSSR count). The van der Waals surface area contributed by atoms with Gasteiger partial charge in [-0.2, -0.15) is 0 Å². The largest absolute Gasteiger partial charge is 0.493 e. The topological polar surface area (TPSA) is 93.5 Å². The van der Waals surface area contributed by atoms with Gasteiger partial charge in [-0.15, -0.1) is 0 Å². The fourth-order valence-electron chi connectivity index (χ4n) is 3.42. The van der Waals surface area contributed by atoms with E-state index in [4.69, 9.17) is 15.2 Å². The van der Waals surface area contributed by atoms with E-state index in [0.717, 1.165) is 37.3 Å². The van der Waals surface area contributed by atoms with Crippen LogP contribution in [-0.4, -0.2) is 48.1 Å². The molecule has 1 unspecified atom stereocenters.